The maximum Gasteiger partial charge on any atom is 0.255 e. The molecule has 0 heterocycles. The van der Waals surface area contributed by atoms with Gasteiger partial charge in [-0.1, -0.05) is 6.58 Å². The van der Waals surface area contributed by atoms with Crippen molar-refractivity contribution in [1.82, 2.24) is 0 Å². The molecule has 0 saturated heterocycles. The van der Waals surface area contributed by atoms with Crippen molar-refractivity contribution in [2.45, 2.75) is 6.92 Å². The standard InChI is InChI=1S/C19H19N3O3/c1-4-17(23)22(3)15-8-5-13(6-9-15)19(25)21-14-7-10-16(18(20)24)12(2)11-14/h4-11H,1H2,2-3H3,(H2,20,24)(H,21,25). The highest BCUT2D eigenvalue weighted by atomic mass is 16.2. The highest BCUT2D eigenvalue weighted by molar-refractivity contribution is 6.05. The Morgan fingerprint density at radius 2 is 1.76 bits per heavy atom. The molecule has 3 N–H and O–H groups in total. The topological polar surface area (TPSA) is 92.5 Å². The van der Waals surface area contributed by atoms with Crippen LogP contribution in [0.3, 0.4) is 0 Å². The fourth-order valence-electron chi connectivity index (χ4n) is 2.32. The summed E-state index contributed by atoms with van der Waals surface area (Å²) < 4.78 is 0. The number of anilines is 2. The van der Waals surface area contributed by atoms with E-state index in [9.17, 15) is 14.4 Å². The number of hydrogen-bond acceptors (Lipinski definition) is 3. The second-order valence-electron chi connectivity index (χ2n) is 5.50. The van der Waals surface area contributed by atoms with Crippen LogP contribution in [0.15, 0.2) is 55.1 Å². The summed E-state index contributed by atoms with van der Waals surface area (Å²) in [4.78, 5) is 36.6. The van der Waals surface area contributed by atoms with Gasteiger partial charge >= 0.3 is 0 Å². The minimum atomic E-state index is -0.510. The fraction of sp³-hybridized carbons (Fsp3) is 0.105. The van der Waals surface area contributed by atoms with Gasteiger partial charge in [0, 0.05) is 29.5 Å². The van der Waals surface area contributed by atoms with Crippen LogP contribution < -0.4 is 16.0 Å². The summed E-state index contributed by atoms with van der Waals surface area (Å²) in [6.07, 6.45) is 1.22. The Morgan fingerprint density at radius 3 is 2.28 bits per heavy atom. The van der Waals surface area contributed by atoms with Gasteiger partial charge < -0.3 is 16.0 Å². The number of hydrogen-bond donors (Lipinski definition) is 2. The molecule has 0 radical (unpaired) electrons. The van der Waals surface area contributed by atoms with Crippen LogP contribution in [-0.2, 0) is 4.79 Å². The second-order valence-corrected chi connectivity index (χ2v) is 5.50. The summed E-state index contributed by atoms with van der Waals surface area (Å²) in [6.45, 7) is 5.19. The molecule has 0 aliphatic rings. The lowest BCUT2D eigenvalue weighted by Crippen LogP contribution is -2.23. The Labute approximate surface area is 145 Å². The summed E-state index contributed by atoms with van der Waals surface area (Å²) >= 11 is 0. The van der Waals surface area contributed by atoms with E-state index in [1.54, 1.807) is 56.4 Å². The van der Waals surface area contributed by atoms with E-state index in [4.69, 9.17) is 5.73 Å². The summed E-state index contributed by atoms with van der Waals surface area (Å²) in [5.74, 6) is -1.04. The van der Waals surface area contributed by atoms with Gasteiger partial charge in [-0.3, -0.25) is 14.4 Å². The van der Waals surface area contributed by atoms with Crippen LogP contribution in [0.5, 0.6) is 0 Å². The molecule has 3 amide bonds. The number of amides is 3. The van der Waals surface area contributed by atoms with Crippen LogP contribution in [0.1, 0.15) is 26.3 Å². The Hall–Kier alpha value is -3.41. The highest BCUT2D eigenvalue weighted by Crippen LogP contribution is 2.18. The lowest BCUT2D eigenvalue weighted by molar-refractivity contribution is -0.113. The molecule has 0 fully saturated rings. The van der Waals surface area contributed by atoms with Crippen molar-refractivity contribution in [2.24, 2.45) is 5.73 Å². The van der Waals surface area contributed by atoms with Crippen LogP contribution in [0.2, 0.25) is 0 Å². The van der Waals surface area contributed by atoms with Gasteiger partial charge in [-0.15, -0.1) is 0 Å². The van der Waals surface area contributed by atoms with Gasteiger partial charge in [-0.05, 0) is 61.0 Å². The summed E-state index contributed by atoms with van der Waals surface area (Å²) in [6, 6.07) is 11.5. The number of nitrogens with zero attached hydrogens (tertiary/aromatic N) is 1. The molecule has 0 atom stereocenters. The van der Waals surface area contributed by atoms with E-state index in [1.807, 2.05) is 0 Å². The van der Waals surface area contributed by atoms with Crippen LogP contribution in [-0.4, -0.2) is 24.8 Å². The first kappa shape index (κ1) is 17.9. The molecule has 2 aromatic rings. The van der Waals surface area contributed by atoms with E-state index in [-0.39, 0.29) is 11.8 Å². The van der Waals surface area contributed by atoms with Crippen LogP contribution in [0.4, 0.5) is 11.4 Å². The van der Waals surface area contributed by atoms with Gasteiger partial charge in [0.15, 0.2) is 0 Å². The molecule has 0 aliphatic heterocycles. The lowest BCUT2D eigenvalue weighted by atomic mass is 10.1. The van der Waals surface area contributed by atoms with Crippen molar-refractivity contribution in [2.75, 3.05) is 17.3 Å². The smallest absolute Gasteiger partial charge is 0.255 e. The third-order valence-electron chi connectivity index (χ3n) is 3.77. The zero-order valence-electron chi connectivity index (χ0n) is 14.1. The number of likely N-dealkylation sites (N-methyl/N-ethyl adjacent to an activating group) is 1. The lowest BCUT2D eigenvalue weighted by Gasteiger charge is -2.15. The molecule has 25 heavy (non-hydrogen) atoms. The summed E-state index contributed by atoms with van der Waals surface area (Å²) in [5, 5.41) is 2.76. The Bertz CT molecular complexity index is 841. The monoisotopic (exact) mass is 337 g/mol. The zero-order chi connectivity index (χ0) is 18.6. The minimum Gasteiger partial charge on any atom is -0.366 e. The number of nitrogens with two attached hydrogens (primary N) is 1. The minimum absolute atomic E-state index is 0.234. The van der Waals surface area contributed by atoms with E-state index in [2.05, 4.69) is 11.9 Å². The molecule has 0 spiro atoms. The Kier molecular flexibility index (Phi) is 5.34. The number of nitrogens with one attached hydrogen (secondary N) is 1. The first-order chi connectivity index (χ1) is 11.8. The van der Waals surface area contributed by atoms with Crippen molar-refractivity contribution in [3.63, 3.8) is 0 Å². The van der Waals surface area contributed by atoms with Gasteiger partial charge in [-0.25, -0.2) is 0 Å². The van der Waals surface area contributed by atoms with E-state index >= 15 is 0 Å². The summed E-state index contributed by atoms with van der Waals surface area (Å²) in [5.41, 5.74) is 8.03. The fourth-order valence-corrected chi connectivity index (χ4v) is 2.32. The molecule has 128 valence electrons. The predicted octanol–water partition coefficient (Wildman–Crippen LogP) is 2.50. The summed E-state index contributed by atoms with van der Waals surface area (Å²) in [7, 11) is 1.63. The normalized spacial score (nSPS) is 10.0. The molecular formula is C19H19N3O3. The third kappa shape index (κ3) is 4.11. The maximum atomic E-state index is 12.3. The van der Waals surface area contributed by atoms with Gasteiger partial charge in [0.05, 0.1) is 0 Å². The maximum absolute atomic E-state index is 12.3. The molecule has 6 nitrogen and oxygen atoms in total. The molecular weight excluding hydrogens is 318 g/mol. The van der Waals surface area contributed by atoms with Crippen molar-refractivity contribution in [3.05, 3.63) is 71.8 Å². The average Bonchev–Trinajstić information content (AvgIpc) is 2.60. The van der Waals surface area contributed by atoms with Crippen molar-refractivity contribution in [1.29, 1.82) is 0 Å². The second kappa shape index (κ2) is 7.44. The SMILES string of the molecule is C=CC(=O)N(C)c1ccc(C(=O)Nc2ccc(C(N)=O)c(C)c2)cc1. The van der Waals surface area contributed by atoms with E-state index < -0.39 is 5.91 Å². The Balaban J connectivity index is 2.13. The van der Waals surface area contributed by atoms with E-state index in [0.717, 1.165) is 0 Å². The third-order valence-corrected chi connectivity index (χ3v) is 3.77. The zero-order valence-corrected chi connectivity index (χ0v) is 14.1. The van der Waals surface area contributed by atoms with Crippen LogP contribution >= 0.6 is 0 Å². The molecule has 0 aromatic heterocycles. The number of primary amides is 1. The van der Waals surface area contributed by atoms with E-state index in [1.165, 1.54) is 11.0 Å². The largest absolute Gasteiger partial charge is 0.366 e. The predicted molar refractivity (Wildman–Crippen MR) is 97.7 cm³/mol. The molecule has 0 bridgehead atoms. The molecule has 0 unspecified atom stereocenters. The number of aryl methyl sites for hydroxylation is 1. The van der Waals surface area contributed by atoms with Crippen molar-refractivity contribution in [3.8, 4) is 0 Å². The average molecular weight is 337 g/mol. The van der Waals surface area contributed by atoms with Crippen LogP contribution in [0, 0.1) is 6.92 Å². The van der Waals surface area contributed by atoms with Gasteiger partial charge in [0.2, 0.25) is 11.8 Å². The number of carbonyl (C=O) groups is 3. The molecule has 0 aliphatic carbocycles. The van der Waals surface area contributed by atoms with Crippen LogP contribution in [0.25, 0.3) is 0 Å². The van der Waals surface area contributed by atoms with Crippen molar-refractivity contribution < 1.29 is 14.4 Å². The molecule has 0 saturated carbocycles. The molecule has 2 rings (SSSR count). The number of benzene rings is 2. The molecule has 2 aromatic carbocycles. The van der Waals surface area contributed by atoms with E-state index in [0.29, 0.717) is 28.1 Å². The van der Waals surface area contributed by atoms with Gasteiger partial charge in [-0.2, -0.15) is 0 Å². The van der Waals surface area contributed by atoms with Crippen molar-refractivity contribution >= 4 is 29.1 Å². The quantitative estimate of drug-likeness (QED) is 0.821. The highest BCUT2D eigenvalue weighted by Gasteiger charge is 2.11. The first-order valence-electron chi connectivity index (χ1n) is 7.55. The Morgan fingerprint density at radius 1 is 1.12 bits per heavy atom. The van der Waals surface area contributed by atoms with Gasteiger partial charge in [0.1, 0.15) is 0 Å². The number of carbonyl (C=O) groups excluding carboxylic acids is 3. The molecule has 6 heteroatoms. The number of rotatable bonds is 5. The van der Waals surface area contributed by atoms with Gasteiger partial charge in [0.25, 0.3) is 5.91 Å². The first-order valence-corrected chi connectivity index (χ1v) is 7.55.